The molecule has 1 aromatic heterocycles. The Morgan fingerprint density at radius 1 is 1.33 bits per heavy atom. The van der Waals surface area contributed by atoms with Crippen molar-refractivity contribution in [2.45, 2.75) is 45.3 Å². The molecule has 1 atom stereocenters. The Hall–Kier alpha value is -2.14. The minimum absolute atomic E-state index is 0.0549. The summed E-state index contributed by atoms with van der Waals surface area (Å²) in [7, 11) is 0. The molecule has 1 unspecified atom stereocenters. The minimum atomic E-state index is -0.0549. The molecular formula is C19H24N2O3. The summed E-state index contributed by atoms with van der Waals surface area (Å²) in [5.41, 5.74) is 1.63. The largest absolute Gasteiger partial charge is 0.376 e. The molecule has 1 aliphatic heterocycles. The zero-order valence-corrected chi connectivity index (χ0v) is 14.1. The first kappa shape index (κ1) is 16.7. The second kappa shape index (κ2) is 7.62. The van der Waals surface area contributed by atoms with Crippen LogP contribution in [-0.2, 0) is 16.1 Å². The van der Waals surface area contributed by atoms with Crippen LogP contribution in [0.15, 0.2) is 30.5 Å². The van der Waals surface area contributed by atoms with Gasteiger partial charge in [-0.2, -0.15) is 0 Å². The topological polar surface area (TPSA) is 60.3 Å². The number of amides is 1. The number of para-hydroxylation sites is 1. The summed E-state index contributed by atoms with van der Waals surface area (Å²) in [5, 5.41) is 3.85. The molecule has 0 aliphatic carbocycles. The number of ether oxygens (including phenoxy) is 1. The SMILES string of the molecule is CCCC(=O)c1cn(CC(=O)NCC2CCCO2)c2ccccc12. The molecule has 5 heteroatoms. The molecule has 5 nitrogen and oxygen atoms in total. The maximum atomic E-state index is 12.3. The molecule has 0 spiro atoms. The van der Waals surface area contributed by atoms with E-state index in [1.165, 1.54) is 0 Å². The molecule has 0 radical (unpaired) electrons. The number of hydrogen-bond acceptors (Lipinski definition) is 3. The van der Waals surface area contributed by atoms with Crippen molar-refractivity contribution in [1.29, 1.82) is 0 Å². The molecule has 1 fully saturated rings. The summed E-state index contributed by atoms with van der Waals surface area (Å²) in [6.07, 6.45) is 5.36. The van der Waals surface area contributed by atoms with Crippen LogP contribution in [0.25, 0.3) is 10.9 Å². The van der Waals surface area contributed by atoms with Gasteiger partial charge in [0.1, 0.15) is 6.54 Å². The smallest absolute Gasteiger partial charge is 0.240 e. The molecule has 3 rings (SSSR count). The van der Waals surface area contributed by atoms with E-state index in [0.717, 1.165) is 36.8 Å². The zero-order valence-electron chi connectivity index (χ0n) is 14.1. The highest BCUT2D eigenvalue weighted by Gasteiger charge is 2.18. The molecule has 1 amide bonds. The van der Waals surface area contributed by atoms with Gasteiger partial charge in [-0.05, 0) is 25.3 Å². The third-order valence-corrected chi connectivity index (χ3v) is 4.43. The maximum absolute atomic E-state index is 12.3. The molecule has 1 aromatic carbocycles. The standard InChI is InChI=1S/C19H24N2O3/c1-2-6-18(22)16-12-21(17-9-4-3-8-15(16)17)13-19(23)20-11-14-7-5-10-24-14/h3-4,8-9,12,14H,2,5-7,10-11,13H2,1H3,(H,20,23). The number of ketones is 1. The normalized spacial score (nSPS) is 17.3. The van der Waals surface area contributed by atoms with Crippen molar-refractivity contribution in [3.63, 3.8) is 0 Å². The first-order valence-corrected chi connectivity index (χ1v) is 8.68. The van der Waals surface area contributed by atoms with E-state index < -0.39 is 0 Å². The quantitative estimate of drug-likeness (QED) is 0.795. The van der Waals surface area contributed by atoms with Crippen LogP contribution in [0.3, 0.4) is 0 Å². The molecule has 1 N–H and O–H groups in total. The molecule has 24 heavy (non-hydrogen) atoms. The van der Waals surface area contributed by atoms with E-state index in [-0.39, 0.29) is 24.3 Å². The van der Waals surface area contributed by atoms with Crippen LogP contribution in [0.2, 0.25) is 0 Å². The van der Waals surface area contributed by atoms with Crippen LogP contribution < -0.4 is 5.32 Å². The molecule has 0 saturated carbocycles. The highest BCUT2D eigenvalue weighted by molar-refractivity contribution is 6.08. The minimum Gasteiger partial charge on any atom is -0.376 e. The van der Waals surface area contributed by atoms with Crippen LogP contribution in [0, 0.1) is 0 Å². The monoisotopic (exact) mass is 328 g/mol. The average Bonchev–Trinajstić information content (AvgIpc) is 3.22. The van der Waals surface area contributed by atoms with Gasteiger partial charge in [-0.3, -0.25) is 9.59 Å². The molecule has 2 aromatic rings. The number of Topliss-reactive ketones (excluding diaryl/α,β-unsaturated/α-hetero) is 1. The van der Waals surface area contributed by atoms with E-state index in [1.807, 2.05) is 42.0 Å². The number of nitrogens with one attached hydrogen (secondary N) is 1. The summed E-state index contributed by atoms with van der Waals surface area (Å²) in [5.74, 6) is 0.0768. The van der Waals surface area contributed by atoms with Crippen LogP contribution in [0.4, 0.5) is 0 Å². The Bertz CT molecular complexity index is 729. The van der Waals surface area contributed by atoms with E-state index in [2.05, 4.69) is 5.32 Å². The van der Waals surface area contributed by atoms with Gasteiger partial charge < -0.3 is 14.6 Å². The van der Waals surface area contributed by atoms with E-state index >= 15 is 0 Å². The fourth-order valence-corrected chi connectivity index (χ4v) is 3.21. The van der Waals surface area contributed by atoms with Gasteiger partial charge in [-0.1, -0.05) is 25.1 Å². The van der Waals surface area contributed by atoms with Gasteiger partial charge in [0.2, 0.25) is 5.91 Å². The summed E-state index contributed by atoms with van der Waals surface area (Å²) < 4.78 is 7.38. The summed E-state index contributed by atoms with van der Waals surface area (Å²) in [4.78, 5) is 24.6. The van der Waals surface area contributed by atoms with E-state index in [1.54, 1.807) is 0 Å². The molecule has 1 saturated heterocycles. The Labute approximate surface area is 142 Å². The highest BCUT2D eigenvalue weighted by Crippen LogP contribution is 2.23. The zero-order chi connectivity index (χ0) is 16.9. The van der Waals surface area contributed by atoms with Crippen molar-refractivity contribution < 1.29 is 14.3 Å². The van der Waals surface area contributed by atoms with Crippen molar-refractivity contribution in [3.8, 4) is 0 Å². The highest BCUT2D eigenvalue weighted by atomic mass is 16.5. The fraction of sp³-hybridized carbons (Fsp3) is 0.474. The number of fused-ring (bicyclic) bond motifs is 1. The van der Waals surface area contributed by atoms with Crippen molar-refractivity contribution in [3.05, 3.63) is 36.0 Å². The van der Waals surface area contributed by atoms with Crippen LogP contribution in [-0.4, -0.2) is 35.5 Å². The van der Waals surface area contributed by atoms with Gasteiger partial charge >= 0.3 is 0 Å². The third-order valence-electron chi connectivity index (χ3n) is 4.43. The van der Waals surface area contributed by atoms with Gasteiger partial charge in [0.15, 0.2) is 5.78 Å². The van der Waals surface area contributed by atoms with E-state index in [9.17, 15) is 9.59 Å². The lowest BCUT2D eigenvalue weighted by Crippen LogP contribution is -2.34. The number of carbonyl (C=O) groups excluding carboxylic acids is 2. The van der Waals surface area contributed by atoms with Gasteiger partial charge in [0, 0.05) is 42.2 Å². The van der Waals surface area contributed by atoms with Crippen molar-refractivity contribution in [2.75, 3.05) is 13.2 Å². The molecule has 1 aliphatic rings. The number of rotatable bonds is 7. The van der Waals surface area contributed by atoms with E-state index in [0.29, 0.717) is 18.5 Å². The Morgan fingerprint density at radius 2 is 2.17 bits per heavy atom. The first-order chi connectivity index (χ1) is 11.7. The lowest BCUT2D eigenvalue weighted by Gasteiger charge is -2.11. The number of hydrogen-bond donors (Lipinski definition) is 1. The third kappa shape index (κ3) is 3.67. The predicted molar refractivity (Wildman–Crippen MR) is 93.2 cm³/mol. The predicted octanol–water partition coefficient (Wildman–Crippen LogP) is 2.92. The van der Waals surface area contributed by atoms with Gasteiger partial charge in [0.05, 0.1) is 6.10 Å². The summed E-state index contributed by atoms with van der Waals surface area (Å²) in [6, 6.07) is 7.74. The van der Waals surface area contributed by atoms with Gasteiger partial charge in [0.25, 0.3) is 0 Å². The van der Waals surface area contributed by atoms with Gasteiger partial charge in [-0.25, -0.2) is 0 Å². The Balaban J connectivity index is 1.73. The first-order valence-electron chi connectivity index (χ1n) is 8.68. The number of nitrogens with zero attached hydrogens (tertiary/aromatic N) is 1. The fourth-order valence-electron chi connectivity index (χ4n) is 3.21. The van der Waals surface area contributed by atoms with Crippen molar-refractivity contribution in [2.24, 2.45) is 0 Å². The summed E-state index contributed by atoms with van der Waals surface area (Å²) >= 11 is 0. The van der Waals surface area contributed by atoms with Crippen LogP contribution in [0.1, 0.15) is 43.0 Å². The number of benzene rings is 1. The Morgan fingerprint density at radius 3 is 2.92 bits per heavy atom. The lowest BCUT2D eigenvalue weighted by molar-refractivity contribution is -0.122. The number of carbonyl (C=O) groups is 2. The second-order valence-corrected chi connectivity index (χ2v) is 6.30. The molecule has 128 valence electrons. The van der Waals surface area contributed by atoms with Crippen molar-refractivity contribution in [1.82, 2.24) is 9.88 Å². The number of aromatic nitrogens is 1. The lowest BCUT2D eigenvalue weighted by atomic mass is 10.1. The molecule has 2 heterocycles. The summed E-state index contributed by atoms with van der Waals surface area (Å²) in [6.45, 7) is 3.55. The average molecular weight is 328 g/mol. The van der Waals surface area contributed by atoms with Gasteiger partial charge in [-0.15, -0.1) is 0 Å². The van der Waals surface area contributed by atoms with Crippen LogP contribution >= 0.6 is 0 Å². The molecular weight excluding hydrogens is 304 g/mol. The maximum Gasteiger partial charge on any atom is 0.240 e. The van der Waals surface area contributed by atoms with Crippen molar-refractivity contribution >= 4 is 22.6 Å². The second-order valence-electron chi connectivity index (χ2n) is 6.30. The van der Waals surface area contributed by atoms with E-state index in [4.69, 9.17) is 4.74 Å². The van der Waals surface area contributed by atoms with Crippen LogP contribution in [0.5, 0.6) is 0 Å². The molecule has 0 bridgehead atoms. The Kier molecular flexibility index (Phi) is 5.30.